The first kappa shape index (κ1) is 19.0. The van der Waals surface area contributed by atoms with Crippen LogP contribution in [0.15, 0.2) is 53.4 Å². The van der Waals surface area contributed by atoms with Gasteiger partial charge in [0.15, 0.2) is 9.84 Å². The Morgan fingerprint density at radius 2 is 1.73 bits per heavy atom. The Balaban J connectivity index is 1.69. The molecule has 0 radical (unpaired) electrons. The summed E-state index contributed by atoms with van der Waals surface area (Å²) >= 11 is 1.84. The largest absolute Gasteiger partial charge is 0.321 e. The Hall–Kier alpha value is -1.79. The molecule has 0 atom stereocenters. The van der Waals surface area contributed by atoms with E-state index in [0.29, 0.717) is 16.4 Å². The van der Waals surface area contributed by atoms with Crippen molar-refractivity contribution in [1.29, 1.82) is 0 Å². The van der Waals surface area contributed by atoms with Gasteiger partial charge in [-0.1, -0.05) is 37.1 Å². The maximum absolute atomic E-state index is 12.6. The topological polar surface area (TPSA) is 63.2 Å². The molecule has 1 fully saturated rings. The van der Waals surface area contributed by atoms with Crippen LogP contribution in [0.2, 0.25) is 0 Å². The van der Waals surface area contributed by atoms with Crippen LogP contribution in [-0.2, 0) is 15.6 Å². The van der Waals surface area contributed by atoms with Crippen molar-refractivity contribution in [2.75, 3.05) is 11.6 Å². The molecule has 0 unspecified atom stereocenters. The highest BCUT2D eigenvalue weighted by Crippen LogP contribution is 2.38. The molecule has 0 aliphatic heterocycles. The van der Waals surface area contributed by atoms with Gasteiger partial charge in [-0.05, 0) is 42.7 Å². The van der Waals surface area contributed by atoms with Crippen LogP contribution in [-0.4, -0.2) is 25.8 Å². The molecule has 6 heteroatoms. The van der Waals surface area contributed by atoms with Crippen LogP contribution in [0.5, 0.6) is 0 Å². The standard InChI is InChI=1S/C20H23NO3S2/c1-26(23,24)14-15-10-12-16(13-11-15)20(22)21-18-8-4-5-9-19(18)25-17-6-2-3-7-17/h4-5,8-13,17H,2-3,6-7,14H2,1H3,(H,21,22). The fourth-order valence-electron chi connectivity index (χ4n) is 3.11. The third-order valence-electron chi connectivity index (χ3n) is 4.38. The van der Waals surface area contributed by atoms with E-state index < -0.39 is 9.84 Å². The monoisotopic (exact) mass is 389 g/mol. The summed E-state index contributed by atoms with van der Waals surface area (Å²) in [4.78, 5) is 13.7. The molecule has 0 bridgehead atoms. The van der Waals surface area contributed by atoms with E-state index in [-0.39, 0.29) is 11.7 Å². The van der Waals surface area contributed by atoms with Gasteiger partial charge in [-0.2, -0.15) is 0 Å². The summed E-state index contributed by atoms with van der Waals surface area (Å²) in [5, 5.41) is 3.62. The number of anilines is 1. The lowest BCUT2D eigenvalue weighted by atomic mass is 10.1. The molecule has 4 nitrogen and oxygen atoms in total. The first-order chi connectivity index (χ1) is 12.4. The molecule has 26 heavy (non-hydrogen) atoms. The van der Waals surface area contributed by atoms with Gasteiger partial charge in [0, 0.05) is 22.0 Å². The number of rotatable bonds is 6. The third kappa shape index (κ3) is 5.35. The normalized spacial score (nSPS) is 15.1. The number of nitrogens with one attached hydrogen (secondary N) is 1. The lowest BCUT2D eigenvalue weighted by Gasteiger charge is -2.14. The first-order valence-corrected chi connectivity index (χ1v) is 11.7. The van der Waals surface area contributed by atoms with E-state index in [9.17, 15) is 13.2 Å². The third-order valence-corrected chi connectivity index (χ3v) is 6.65. The summed E-state index contributed by atoms with van der Waals surface area (Å²) in [6.45, 7) is 0. The number of amides is 1. The summed E-state index contributed by atoms with van der Waals surface area (Å²) in [7, 11) is -3.08. The molecule has 1 aliphatic carbocycles. The molecule has 1 aliphatic rings. The summed E-state index contributed by atoms with van der Waals surface area (Å²) in [6, 6.07) is 14.6. The summed E-state index contributed by atoms with van der Waals surface area (Å²) in [5.41, 5.74) is 2.03. The van der Waals surface area contributed by atoms with Gasteiger partial charge in [-0.25, -0.2) is 8.42 Å². The van der Waals surface area contributed by atoms with Crippen molar-refractivity contribution in [2.24, 2.45) is 0 Å². The van der Waals surface area contributed by atoms with E-state index in [4.69, 9.17) is 0 Å². The molecule has 1 saturated carbocycles. The van der Waals surface area contributed by atoms with Gasteiger partial charge < -0.3 is 5.32 Å². The van der Waals surface area contributed by atoms with Crippen LogP contribution in [0.25, 0.3) is 0 Å². The molecule has 3 rings (SSSR count). The molecule has 0 heterocycles. The van der Waals surface area contributed by atoms with Gasteiger partial charge >= 0.3 is 0 Å². The van der Waals surface area contributed by atoms with Crippen molar-refractivity contribution in [3.63, 3.8) is 0 Å². The van der Waals surface area contributed by atoms with Gasteiger partial charge in [0.2, 0.25) is 0 Å². The Kier molecular flexibility index (Phi) is 6.04. The van der Waals surface area contributed by atoms with E-state index in [0.717, 1.165) is 10.6 Å². The summed E-state index contributed by atoms with van der Waals surface area (Å²) in [6.07, 6.45) is 6.23. The van der Waals surface area contributed by atoms with Crippen LogP contribution in [0.4, 0.5) is 5.69 Å². The van der Waals surface area contributed by atoms with E-state index in [1.165, 1.54) is 31.9 Å². The van der Waals surface area contributed by atoms with Crippen LogP contribution in [0, 0.1) is 0 Å². The predicted octanol–water partition coefficient (Wildman–Crippen LogP) is 4.52. The minimum atomic E-state index is -3.08. The lowest BCUT2D eigenvalue weighted by Crippen LogP contribution is -2.13. The van der Waals surface area contributed by atoms with Crippen molar-refractivity contribution in [3.8, 4) is 0 Å². The number of benzene rings is 2. The highest BCUT2D eigenvalue weighted by Gasteiger charge is 2.18. The van der Waals surface area contributed by atoms with Gasteiger partial charge in [-0.15, -0.1) is 11.8 Å². The average molecular weight is 390 g/mol. The van der Waals surface area contributed by atoms with Crippen molar-refractivity contribution in [3.05, 3.63) is 59.7 Å². The molecule has 1 amide bonds. The number of carbonyl (C=O) groups excluding carboxylic acids is 1. The zero-order valence-corrected chi connectivity index (χ0v) is 16.4. The quantitative estimate of drug-likeness (QED) is 0.789. The smallest absolute Gasteiger partial charge is 0.255 e. The minimum Gasteiger partial charge on any atom is -0.321 e. The number of para-hydroxylation sites is 1. The summed E-state index contributed by atoms with van der Waals surface area (Å²) in [5.74, 6) is -0.203. The second-order valence-electron chi connectivity index (χ2n) is 6.74. The lowest BCUT2D eigenvalue weighted by molar-refractivity contribution is 0.102. The highest BCUT2D eigenvalue weighted by molar-refractivity contribution is 8.00. The number of sulfone groups is 1. The molecule has 1 N–H and O–H groups in total. The molecular formula is C20H23NO3S2. The first-order valence-electron chi connectivity index (χ1n) is 8.74. The van der Waals surface area contributed by atoms with Crippen LogP contribution >= 0.6 is 11.8 Å². The SMILES string of the molecule is CS(=O)(=O)Cc1ccc(C(=O)Nc2ccccc2SC2CCCC2)cc1. The number of hydrogen-bond donors (Lipinski definition) is 1. The number of hydrogen-bond acceptors (Lipinski definition) is 4. The van der Waals surface area contributed by atoms with E-state index in [1.807, 2.05) is 36.0 Å². The summed E-state index contributed by atoms with van der Waals surface area (Å²) < 4.78 is 22.7. The number of thioether (sulfide) groups is 1. The minimum absolute atomic E-state index is 0.0181. The molecule has 2 aromatic carbocycles. The van der Waals surface area contributed by atoms with Gasteiger partial charge in [0.25, 0.3) is 5.91 Å². The molecule has 0 saturated heterocycles. The van der Waals surface area contributed by atoms with Gasteiger partial charge in [0.1, 0.15) is 0 Å². The molecule has 0 spiro atoms. The second-order valence-corrected chi connectivity index (χ2v) is 10.2. The zero-order chi connectivity index (χ0) is 18.6. The molecule has 2 aromatic rings. The molecular weight excluding hydrogens is 366 g/mol. The fourth-order valence-corrected chi connectivity index (χ4v) is 5.24. The second kappa shape index (κ2) is 8.27. The van der Waals surface area contributed by atoms with Crippen LogP contribution in [0.1, 0.15) is 41.6 Å². The van der Waals surface area contributed by atoms with Gasteiger partial charge in [-0.3, -0.25) is 4.79 Å². The van der Waals surface area contributed by atoms with Gasteiger partial charge in [0.05, 0.1) is 11.4 Å². The fraction of sp³-hybridized carbons (Fsp3) is 0.350. The molecule has 138 valence electrons. The van der Waals surface area contributed by atoms with Crippen LogP contribution in [0.3, 0.4) is 0 Å². The zero-order valence-electron chi connectivity index (χ0n) is 14.8. The predicted molar refractivity (Wildman–Crippen MR) is 107 cm³/mol. The number of carbonyl (C=O) groups is 1. The Bertz CT molecular complexity index is 870. The van der Waals surface area contributed by atoms with Crippen molar-refractivity contribution in [1.82, 2.24) is 0 Å². The van der Waals surface area contributed by atoms with Crippen LogP contribution < -0.4 is 5.32 Å². The Labute approximate surface area is 159 Å². The van der Waals surface area contributed by atoms with Crippen molar-refractivity contribution >= 4 is 33.2 Å². The Morgan fingerprint density at radius 3 is 2.38 bits per heavy atom. The highest BCUT2D eigenvalue weighted by atomic mass is 32.2. The molecule has 0 aromatic heterocycles. The average Bonchev–Trinajstić information content (AvgIpc) is 3.09. The van der Waals surface area contributed by atoms with Crippen molar-refractivity contribution in [2.45, 2.75) is 41.6 Å². The maximum atomic E-state index is 12.6. The maximum Gasteiger partial charge on any atom is 0.255 e. The van der Waals surface area contributed by atoms with E-state index in [2.05, 4.69) is 5.32 Å². The van der Waals surface area contributed by atoms with E-state index in [1.54, 1.807) is 24.3 Å². The van der Waals surface area contributed by atoms with E-state index >= 15 is 0 Å². The van der Waals surface area contributed by atoms with Crippen molar-refractivity contribution < 1.29 is 13.2 Å². The Morgan fingerprint density at radius 1 is 1.08 bits per heavy atom.